The van der Waals surface area contributed by atoms with Crippen LogP contribution < -0.4 is 10.5 Å². The first-order valence-corrected chi connectivity index (χ1v) is 7.20. The van der Waals surface area contributed by atoms with Crippen molar-refractivity contribution in [3.8, 4) is 5.75 Å². The zero-order valence-electron chi connectivity index (χ0n) is 11.8. The van der Waals surface area contributed by atoms with Gasteiger partial charge < -0.3 is 15.0 Å². The lowest BCUT2D eigenvalue weighted by Crippen LogP contribution is -2.09. The number of benzene rings is 2. The van der Waals surface area contributed by atoms with E-state index in [1.54, 1.807) is 7.11 Å². The molecule has 0 fully saturated rings. The second kappa shape index (κ2) is 5.80. The maximum Gasteiger partial charge on any atom is 0.123 e. The minimum atomic E-state index is 0.498. The van der Waals surface area contributed by atoms with Crippen LogP contribution in [-0.2, 0) is 13.1 Å². The van der Waals surface area contributed by atoms with Crippen molar-refractivity contribution in [1.82, 2.24) is 4.57 Å². The summed E-state index contributed by atoms with van der Waals surface area (Å²) in [6, 6.07) is 16.1. The van der Waals surface area contributed by atoms with E-state index >= 15 is 0 Å². The Morgan fingerprint density at radius 3 is 2.71 bits per heavy atom. The van der Waals surface area contributed by atoms with Crippen LogP contribution >= 0.6 is 11.6 Å². The van der Waals surface area contributed by atoms with Crippen molar-refractivity contribution in [3.05, 3.63) is 64.8 Å². The number of aromatic nitrogens is 1. The van der Waals surface area contributed by atoms with E-state index in [1.807, 2.05) is 30.3 Å². The molecule has 0 aliphatic rings. The lowest BCUT2D eigenvalue weighted by molar-refractivity contribution is 0.408. The van der Waals surface area contributed by atoms with Gasteiger partial charge in [-0.2, -0.15) is 0 Å². The fourth-order valence-corrected chi connectivity index (χ4v) is 2.86. The Kier molecular flexibility index (Phi) is 3.86. The van der Waals surface area contributed by atoms with Gasteiger partial charge in [0.05, 0.1) is 13.7 Å². The summed E-state index contributed by atoms with van der Waals surface area (Å²) in [6.07, 6.45) is 0. The summed E-state index contributed by atoms with van der Waals surface area (Å²) in [5.41, 5.74) is 9.20. The Morgan fingerprint density at radius 1 is 1.14 bits per heavy atom. The van der Waals surface area contributed by atoms with Crippen molar-refractivity contribution in [3.63, 3.8) is 0 Å². The van der Waals surface area contributed by atoms with Crippen LogP contribution in [0.15, 0.2) is 48.5 Å². The third kappa shape index (κ3) is 2.62. The fraction of sp³-hybridized carbons (Fsp3) is 0.176. The van der Waals surface area contributed by atoms with Crippen LogP contribution in [0.1, 0.15) is 11.3 Å². The number of fused-ring (bicyclic) bond motifs is 1. The van der Waals surface area contributed by atoms with Crippen molar-refractivity contribution in [2.45, 2.75) is 13.1 Å². The molecule has 3 nitrogen and oxygen atoms in total. The summed E-state index contributed by atoms with van der Waals surface area (Å²) < 4.78 is 7.64. The molecule has 1 aromatic heterocycles. The minimum absolute atomic E-state index is 0.498. The second-order valence-corrected chi connectivity index (χ2v) is 5.38. The van der Waals surface area contributed by atoms with Gasteiger partial charge >= 0.3 is 0 Å². The van der Waals surface area contributed by atoms with E-state index in [0.717, 1.165) is 17.0 Å². The summed E-state index contributed by atoms with van der Waals surface area (Å²) in [4.78, 5) is 0. The second-order valence-electron chi connectivity index (χ2n) is 4.94. The van der Waals surface area contributed by atoms with Gasteiger partial charge in [0.2, 0.25) is 0 Å². The van der Waals surface area contributed by atoms with E-state index in [4.69, 9.17) is 22.1 Å². The van der Waals surface area contributed by atoms with Crippen LogP contribution in [0.2, 0.25) is 5.02 Å². The number of hydrogen-bond donors (Lipinski definition) is 1. The maximum absolute atomic E-state index is 6.12. The predicted octanol–water partition coefficient (Wildman–Crippen LogP) is 3.81. The minimum Gasteiger partial charge on any atom is -0.496 e. The van der Waals surface area contributed by atoms with Gasteiger partial charge in [-0.15, -0.1) is 0 Å². The average Bonchev–Trinajstić information content (AvgIpc) is 2.86. The fourth-order valence-electron chi connectivity index (χ4n) is 2.66. The molecule has 0 atom stereocenters. The molecule has 3 aromatic rings. The third-order valence-corrected chi connectivity index (χ3v) is 3.91. The Bertz CT molecular complexity index is 780. The number of nitrogens with two attached hydrogens (primary N) is 1. The summed E-state index contributed by atoms with van der Waals surface area (Å²) in [7, 11) is 1.67. The van der Waals surface area contributed by atoms with Crippen molar-refractivity contribution < 1.29 is 4.74 Å². The molecule has 21 heavy (non-hydrogen) atoms. The lowest BCUT2D eigenvalue weighted by atomic mass is 10.2. The van der Waals surface area contributed by atoms with Crippen molar-refractivity contribution in [2.75, 3.05) is 7.11 Å². The molecule has 1 heterocycles. The van der Waals surface area contributed by atoms with Gasteiger partial charge in [-0.1, -0.05) is 29.8 Å². The number of hydrogen-bond acceptors (Lipinski definition) is 2. The van der Waals surface area contributed by atoms with Crippen LogP contribution in [0.3, 0.4) is 0 Å². The van der Waals surface area contributed by atoms with Gasteiger partial charge in [0.25, 0.3) is 0 Å². The number of methoxy groups -OCH3 is 1. The van der Waals surface area contributed by atoms with E-state index < -0.39 is 0 Å². The molecule has 0 bridgehead atoms. The molecule has 0 unspecified atom stereocenters. The first kappa shape index (κ1) is 14.0. The van der Waals surface area contributed by atoms with Crippen LogP contribution in [0.25, 0.3) is 10.9 Å². The van der Waals surface area contributed by atoms with E-state index in [0.29, 0.717) is 18.1 Å². The first-order valence-electron chi connectivity index (χ1n) is 6.82. The summed E-state index contributed by atoms with van der Waals surface area (Å²) in [6.45, 7) is 1.18. The Morgan fingerprint density at radius 2 is 1.95 bits per heavy atom. The zero-order chi connectivity index (χ0) is 14.8. The highest BCUT2D eigenvalue weighted by molar-refractivity contribution is 6.30. The third-order valence-electron chi connectivity index (χ3n) is 3.68. The maximum atomic E-state index is 6.12. The molecule has 0 amide bonds. The number of ether oxygens (including phenoxy) is 1. The van der Waals surface area contributed by atoms with Gasteiger partial charge in [-0.25, -0.2) is 0 Å². The highest BCUT2D eigenvalue weighted by atomic mass is 35.5. The van der Waals surface area contributed by atoms with Gasteiger partial charge in [-0.3, -0.25) is 0 Å². The highest BCUT2D eigenvalue weighted by Gasteiger charge is 2.11. The molecule has 108 valence electrons. The van der Waals surface area contributed by atoms with Crippen LogP contribution in [0, 0.1) is 0 Å². The number of halogens is 1. The molecule has 0 radical (unpaired) electrons. The summed E-state index contributed by atoms with van der Waals surface area (Å²) in [5, 5.41) is 1.90. The van der Waals surface area contributed by atoms with Crippen molar-refractivity contribution >= 4 is 22.5 Å². The molecule has 0 saturated heterocycles. The standard InChI is InChI=1S/C17H17ClN2O/c1-21-17-7-6-14(18)8-13(17)11-20-15(10-19)9-12-4-2-3-5-16(12)20/h2-9H,10-11,19H2,1H3. The number of nitrogens with zero attached hydrogens (tertiary/aromatic N) is 1. The zero-order valence-corrected chi connectivity index (χ0v) is 12.6. The topological polar surface area (TPSA) is 40.2 Å². The SMILES string of the molecule is COc1ccc(Cl)cc1Cn1c(CN)cc2ccccc21. The molecule has 4 heteroatoms. The van der Waals surface area contributed by atoms with E-state index in [9.17, 15) is 0 Å². The van der Waals surface area contributed by atoms with E-state index in [1.165, 1.54) is 10.9 Å². The molecule has 0 aliphatic carbocycles. The predicted molar refractivity (Wildman–Crippen MR) is 86.9 cm³/mol. The highest BCUT2D eigenvalue weighted by Crippen LogP contribution is 2.27. The quantitative estimate of drug-likeness (QED) is 0.796. The molecule has 0 spiro atoms. The molecule has 0 aliphatic heterocycles. The van der Waals surface area contributed by atoms with Crippen LogP contribution in [0.5, 0.6) is 5.75 Å². The lowest BCUT2D eigenvalue weighted by Gasteiger charge is -2.13. The van der Waals surface area contributed by atoms with Gasteiger partial charge in [0, 0.05) is 28.3 Å². The smallest absolute Gasteiger partial charge is 0.123 e. The monoisotopic (exact) mass is 300 g/mol. The van der Waals surface area contributed by atoms with Crippen LogP contribution in [0.4, 0.5) is 0 Å². The molecule has 2 aromatic carbocycles. The van der Waals surface area contributed by atoms with E-state index in [-0.39, 0.29) is 0 Å². The largest absolute Gasteiger partial charge is 0.496 e. The summed E-state index contributed by atoms with van der Waals surface area (Å²) in [5.74, 6) is 0.833. The average molecular weight is 301 g/mol. The molecular formula is C17H17ClN2O. The molecule has 0 saturated carbocycles. The Balaban J connectivity index is 2.11. The molecular weight excluding hydrogens is 284 g/mol. The van der Waals surface area contributed by atoms with Crippen molar-refractivity contribution in [2.24, 2.45) is 5.73 Å². The number of para-hydroxylation sites is 1. The molecule has 3 rings (SSSR count). The molecule has 2 N–H and O–H groups in total. The number of rotatable bonds is 4. The van der Waals surface area contributed by atoms with Crippen molar-refractivity contribution in [1.29, 1.82) is 0 Å². The van der Waals surface area contributed by atoms with E-state index in [2.05, 4.69) is 22.8 Å². The Hall–Kier alpha value is -1.97. The van der Waals surface area contributed by atoms with Gasteiger partial charge in [0.1, 0.15) is 5.75 Å². The van der Waals surface area contributed by atoms with Crippen LogP contribution in [-0.4, -0.2) is 11.7 Å². The first-order chi connectivity index (χ1) is 10.2. The van der Waals surface area contributed by atoms with Gasteiger partial charge in [0.15, 0.2) is 0 Å². The Labute approximate surface area is 128 Å². The normalized spacial score (nSPS) is 11.0. The van der Waals surface area contributed by atoms with Gasteiger partial charge in [-0.05, 0) is 35.7 Å². The summed E-state index contributed by atoms with van der Waals surface area (Å²) >= 11 is 6.12.